The van der Waals surface area contributed by atoms with E-state index in [-0.39, 0.29) is 4.83 Å². The average Bonchev–Trinajstić information content (AvgIpc) is 2.17. The summed E-state index contributed by atoms with van der Waals surface area (Å²) in [6.45, 7) is 1.97. The first-order valence-electron chi connectivity index (χ1n) is 4.60. The number of aromatic nitrogens is 1. The van der Waals surface area contributed by atoms with Gasteiger partial charge in [-0.15, -0.1) is 0 Å². The molecule has 84 valence electrons. The SMILES string of the molecule is CCC(Br)Cc1cccc(C(F)(F)F)n1. The molecule has 1 atom stereocenters. The molecule has 0 saturated carbocycles. The van der Waals surface area contributed by atoms with E-state index >= 15 is 0 Å². The fourth-order valence-corrected chi connectivity index (χ4v) is 1.45. The van der Waals surface area contributed by atoms with Crippen LogP contribution in [0.2, 0.25) is 0 Å². The van der Waals surface area contributed by atoms with E-state index in [1.54, 1.807) is 6.07 Å². The first kappa shape index (κ1) is 12.5. The van der Waals surface area contributed by atoms with Crippen LogP contribution in [0.25, 0.3) is 0 Å². The van der Waals surface area contributed by atoms with E-state index in [1.807, 2.05) is 6.92 Å². The summed E-state index contributed by atoms with van der Waals surface area (Å²) in [5, 5.41) is 0. The standard InChI is InChI=1S/C10H11BrF3N/c1-2-7(11)6-8-4-3-5-9(15-8)10(12,13)14/h3-5,7H,2,6H2,1H3. The summed E-state index contributed by atoms with van der Waals surface area (Å²) < 4.78 is 36.9. The van der Waals surface area contributed by atoms with Crippen molar-refractivity contribution >= 4 is 15.9 Å². The first-order valence-corrected chi connectivity index (χ1v) is 5.52. The van der Waals surface area contributed by atoms with Crippen LogP contribution in [-0.2, 0) is 12.6 Å². The van der Waals surface area contributed by atoms with Gasteiger partial charge in [-0.1, -0.05) is 28.9 Å². The molecule has 0 aliphatic carbocycles. The Bertz CT molecular complexity index is 325. The molecule has 0 aromatic carbocycles. The molecule has 0 amide bonds. The molecule has 0 saturated heterocycles. The molecule has 0 spiro atoms. The van der Waals surface area contributed by atoms with Gasteiger partial charge in [-0.3, -0.25) is 0 Å². The van der Waals surface area contributed by atoms with Crippen LogP contribution in [0.4, 0.5) is 13.2 Å². The lowest BCUT2D eigenvalue weighted by atomic mass is 10.2. The number of rotatable bonds is 3. The number of pyridine rings is 1. The van der Waals surface area contributed by atoms with Gasteiger partial charge < -0.3 is 0 Å². The number of hydrogen-bond donors (Lipinski definition) is 0. The van der Waals surface area contributed by atoms with Crippen molar-refractivity contribution in [2.45, 2.75) is 30.8 Å². The molecule has 0 bridgehead atoms. The van der Waals surface area contributed by atoms with Crippen molar-refractivity contribution in [2.24, 2.45) is 0 Å². The summed E-state index contributed by atoms with van der Waals surface area (Å²) >= 11 is 3.37. The zero-order valence-corrected chi connectivity index (χ0v) is 9.77. The summed E-state index contributed by atoms with van der Waals surface area (Å²) in [5.41, 5.74) is -0.357. The molecule has 1 heterocycles. The van der Waals surface area contributed by atoms with E-state index in [1.165, 1.54) is 6.07 Å². The van der Waals surface area contributed by atoms with Gasteiger partial charge in [0.2, 0.25) is 0 Å². The Balaban J connectivity index is 2.84. The highest BCUT2D eigenvalue weighted by Gasteiger charge is 2.32. The second-order valence-electron chi connectivity index (χ2n) is 3.22. The number of nitrogens with zero attached hydrogens (tertiary/aromatic N) is 1. The molecule has 1 aromatic heterocycles. The van der Waals surface area contributed by atoms with Gasteiger partial charge in [0.25, 0.3) is 0 Å². The molecular weight excluding hydrogens is 271 g/mol. The summed E-state index contributed by atoms with van der Waals surface area (Å²) in [6, 6.07) is 3.98. The molecule has 0 aliphatic heterocycles. The maximum Gasteiger partial charge on any atom is 0.433 e. The Hall–Kier alpha value is -0.580. The average molecular weight is 282 g/mol. The third kappa shape index (κ3) is 3.81. The fraction of sp³-hybridized carbons (Fsp3) is 0.500. The lowest BCUT2D eigenvalue weighted by Gasteiger charge is -2.09. The molecular formula is C10H11BrF3N. The zero-order valence-electron chi connectivity index (χ0n) is 8.18. The van der Waals surface area contributed by atoms with Gasteiger partial charge in [0.05, 0.1) is 0 Å². The summed E-state index contributed by atoms with van der Waals surface area (Å²) in [7, 11) is 0. The Labute approximate surface area is 94.8 Å². The smallest absolute Gasteiger partial charge is 0.248 e. The molecule has 0 fully saturated rings. The van der Waals surface area contributed by atoms with Crippen molar-refractivity contribution in [3.05, 3.63) is 29.6 Å². The summed E-state index contributed by atoms with van der Waals surface area (Å²) in [4.78, 5) is 3.75. The molecule has 0 radical (unpaired) electrons. The van der Waals surface area contributed by atoms with Gasteiger partial charge in [0.1, 0.15) is 5.69 Å². The lowest BCUT2D eigenvalue weighted by Crippen LogP contribution is -2.11. The van der Waals surface area contributed by atoms with Crippen LogP contribution in [0.15, 0.2) is 18.2 Å². The largest absolute Gasteiger partial charge is 0.433 e. The van der Waals surface area contributed by atoms with Crippen molar-refractivity contribution in [1.29, 1.82) is 0 Å². The molecule has 0 N–H and O–H groups in total. The van der Waals surface area contributed by atoms with Gasteiger partial charge in [-0.25, -0.2) is 4.98 Å². The highest BCUT2D eigenvalue weighted by atomic mass is 79.9. The Morgan fingerprint density at radius 3 is 2.60 bits per heavy atom. The minimum Gasteiger partial charge on any atom is -0.248 e. The zero-order chi connectivity index (χ0) is 11.5. The Morgan fingerprint density at radius 2 is 2.07 bits per heavy atom. The van der Waals surface area contributed by atoms with Gasteiger partial charge in [0, 0.05) is 16.9 Å². The molecule has 1 rings (SSSR count). The van der Waals surface area contributed by atoms with Crippen molar-refractivity contribution < 1.29 is 13.2 Å². The van der Waals surface area contributed by atoms with E-state index in [9.17, 15) is 13.2 Å². The fourth-order valence-electron chi connectivity index (χ4n) is 1.12. The van der Waals surface area contributed by atoms with E-state index < -0.39 is 11.9 Å². The third-order valence-electron chi connectivity index (χ3n) is 1.97. The van der Waals surface area contributed by atoms with E-state index in [0.717, 1.165) is 12.5 Å². The topological polar surface area (TPSA) is 12.9 Å². The van der Waals surface area contributed by atoms with Crippen LogP contribution in [0, 0.1) is 0 Å². The van der Waals surface area contributed by atoms with Crippen molar-refractivity contribution in [3.8, 4) is 0 Å². The Morgan fingerprint density at radius 1 is 1.40 bits per heavy atom. The van der Waals surface area contributed by atoms with Crippen molar-refractivity contribution in [1.82, 2.24) is 4.98 Å². The molecule has 1 aromatic rings. The number of alkyl halides is 4. The van der Waals surface area contributed by atoms with E-state index in [0.29, 0.717) is 12.1 Å². The van der Waals surface area contributed by atoms with Gasteiger partial charge in [-0.05, 0) is 18.6 Å². The van der Waals surface area contributed by atoms with Crippen LogP contribution in [0.5, 0.6) is 0 Å². The normalized spacial score (nSPS) is 13.9. The van der Waals surface area contributed by atoms with Gasteiger partial charge in [0.15, 0.2) is 0 Å². The number of hydrogen-bond acceptors (Lipinski definition) is 1. The molecule has 5 heteroatoms. The van der Waals surface area contributed by atoms with Crippen LogP contribution in [-0.4, -0.2) is 9.81 Å². The highest BCUT2D eigenvalue weighted by Crippen LogP contribution is 2.27. The molecule has 1 nitrogen and oxygen atoms in total. The number of halogens is 4. The first-order chi connectivity index (χ1) is 6.93. The third-order valence-corrected chi connectivity index (χ3v) is 2.94. The monoisotopic (exact) mass is 281 g/mol. The summed E-state index contributed by atoms with van der Waals surface area (Å²) in [6.07, 6.45) is -2.98. The van der Waals surface area contributed by atoms with Crippen LogP contribution in [0.1, 0.15) is 24.7 Å². The van der Waals surface area contributed by atoms with Gasteiger partial charge in [-0.2, -0.15) is 13.2 Å². The summed E-state index contributed by atoms with van der Waals surface area (Å²) in [5.74, 6) is 0. The predicted molar refractivity (Wildman–Crippen MR) is 55.9 cm³/mol. The molecule has 0 aliphatic rings. The highest BCUT2D eigenvalue weighted by molar-refractivity contribution is 9.09. The Kier molecular flexibility index (Phi) is 4.13. The van der Waals surface area contributed by atoms with Crippen molar-refractivity contribution in [3.63, 3.8) is 0 Å². The lowest BCUT2D eigenvalue weighted by molar-refractivity contribution is -0.141. The minimum atomic E-state index is -4.36. The quantitative estimate of drug-likeness (QED) is 0.768. The molecule has 1 unspecified atom stereocenters. The van der Waals surface area contributed by atoms with Gasteiger partial charge >= 0.3 is 6.18 Å². The molecule has 15 heavy (non-hydrogen) atoms. The second-order valence-corrected chi connectivity index (χ2v) is 4.52. The predicted octanol–water partition coefficient (Wildman–Crippen LogP) is 3.82. The van der Waals surface area contributed by atoms with Crippen LogP contribution >= 0.6 is 15.9 Å². The maximum absolute atomic E-state index is 12.3. The minimum absolute atomic E-state index is 0.175. The van der Waals surface area contributed by atoms with E-state index in [2.05, 4.69) is 20.9 Å². The van der Waals surface area contributed by atoms with E-state index in [4.69, 9.17) is 0 Å². The van der Waals surface area contributed by atoms with Crippen LogP contribution < -0.4 is 0 Å². The second kappa shape index (κ2) is 4.96. The maximum atomic E-state index is 12.3. The van der Waals surface area contributed by atoms with Crippen molar-refractivity contribution in [2.75, 3.05) is 0 Å². The van der Waals surface area contributed by atoms with Crippen LogP contribution in [0.3, 0.4) is 0 Å².